The third-order valence-corrected chi connectivity index (χ3v) is 15.7. The maximum absolute atomic E-state index is 6.86. The third-order valence-electron chi connectivity index (χ3n) is 14.6. The molecule has 6 heteroatoms. The second-order valence-electron chi connectivity index (χ2n) is 22.6. The number of pyridine rings is 1. The first-order valence-corrected chi connectivity index (χ1v) is 26.0. The molecule has 0 fully saturated rings. The Balaban J connectivity index is 0.891. The lowest BCUT2D eigenvalue weighted by atomic mass is 9.80. The van der Waals surface area contributed by atoms with Gasteiger partial charge in [0.25, 0.3) is 0 Å². The summed E-state index contributed by atoms with van der Waals surface area (Å²) < 4.78 is 11.8. The zero-order valence-corrected chi connectivity index (χ0v) is 43.5. The van der Waals surface area contributed by atoms with Gasteiger partial charge in [0.2, 0.25) is 0 Å². The fraction of sp³-hybridized carbons (Fsp3) is 0.197. The van der Waals surface area contributed by atoms with E-state index in [0.717, 1.165) is 44.8 Å². The van der Waals surface area contributed by atoms with Crippen LogP contribution in [-0.4, -0.2) is 16.2 Å². The molecule has 4 heterocycles. The summed E-state index contributed by atoms with van der Waals surface area (Å²) in [5.74, 6) is 2.42. The topological polar surface area (TPSA) is 33.5 Å². The van der Waals surface area contributed by atoms with Crippen LogP contribution in [0.2, 0.25) is 0 Å². The Morgan fingerprint density at radius 2 is 1.01 bits per heavy atom. The molecule has 0 bridgehead atoms. The summed E-state index contributed by atoms with van der Waals surface area (Å²) in [6, 6.07) is 66.7. The number of fused-ring (bicyclic) bond motifs is 7. The van der Waals surface area contributed by atoms with Crippen LogP contribution in [0.5, 0.6) is 11.5 Å². The maximum Gasteiger partial charge on any atom is 0.137 e. The molecule has 11 aromatic rings. The van der Waals surface area contributed by atoms with Gasteiger partial charge in [0.05, 0.1) is 22.4 Å². The minimum atomic E-state index is -0.0446. The van der Waals surface area contributed by atoms with Crippen molar-refractivity contribution < 1.29 is 4.74 Å². The Bertz CT molecular complexity index is 3860. The van der Waals surface area contributed by atoms with E-state index in [0.29, 0.717) is 6.67 Å². The van der Waals surface area contributed by atoms with E-state index in [9.17, 15) is 0 Å². The molecule has 5 nitrogen and oxygen atoms in total. The number of anilines is 4. The van der Waals surface area contributed by atoms with Crippen molar-refractivity contribution in [3.8, 4) is 39.6 Å². The van der Waals surface area contributed by atoms with E-state index in [1.807, 2.05) is 17.5 Å². The van der Waals surface area contributed by atoms with Crippen LogP contribution in [0.25, 0.3) is 70.0 Å². The highest BCUT2D eigenvalue weighted by atomic mass is 32.1. The highest BCUT2D eigenvalue weighted by Gasteiger charge is 2.30. The van der Waals surface area contributed by atoms with Gasteiger partial charge in [0.1, 0.15) is 24.0 Å². The van der Waals surface area contributed by atoms with Crippen molar-refractivity contribution in [3.63, 3.8) is 0 Å². The summed E-state index contributed by atoms with van der Waals surface area (Å²) in [6.07, 6.45) is 1.94. The molecule has 0 atom stereocenters. The molecule has 3 aromatic heterocycles. The van der Waals surface area contributed by atoms with Crippen molar-refractivity contribution in [1.82, 2.24) is 9.55 Å². The second kappa shape index (κ2) is 17.0. The predicted octanol–water partition coefficient (Wildman–Crippen LogP) is 18.8. The van der Waals surface area contributed by atoms with E-state index in [-0.39, 0.29) is 16.2 Å². The predicted molar refractivity (Wildman–Crippen MR) is 307 cm³/mol. The minimum absolute atomic E-state index is 0.0129. The van der Waals surface area contributed by atoms with Gasteiger partial charge in [-0.1, -0.05) is 141 Å². The van der Waals surface area contributed by atoms with Crippen LogP contribution in [0, 0.1) is 0 Å². The Kier molecular flexibility index (Phi) is 10.7. The molecule has 0 spiro atoms. The second-order valence-corrected chi connectivity index (χ2v) is 23.7. The Morgan fingerprint density at radius 3 is 1.71 bits per heavy atom. The average Bonchev–Trinajstić information content (AvgIpc) is 4.05. The van der Waals surface area contributed by atoms with Gasteiger partial charge in [-0.2, -0.15) is 0 Å². The quantitative estimate of drug-likeness (QED) is 0.159. The summed E-state index contributed by atoms with van der Waals surface area (Å²) in [6.45, 7) is 21.3. The van der Waals surface area contributed by atoms with Crippen molar-refractivity contribution in [3.05, 3.63) is 205 Å². The molecule has 0 saturated heterocycles. The summed E-state index contributed by atoms with van der Waals surface area (Å²) in [7, 11) is 0. The first-order valence-electron chi connectivity index (χ1n) is 25.2. The van der Waals surface area contributed by atoms with Crippen LogP contribution in [-0.2, 0) is 16.2 Å². The van der Waals surface area contributed by atoms with Gasteiger partial charge >= 0.3 is 0 Å². The lowest BCUT2D eigenvalue weighted by molar-refractivity contribution is 0.483. The fourth-order valence-electron chi connectivity index (χ4n) is 10.4. The molecule has 0 N–H and O–H groups in total. The van der Waals surface area contributed by atoms with Crippen LogP contribution >= 0.6 is 11.3 Å². The number of para-hydroxylation sites is 2. The number of aromatic nitrogens is 2. The molecule has 12 rings (SSSR count). The van der Waals surface area contributed by atoms with Gasteiger partial charge in [-0.05, 0) is 146 Å². The minimum Gasteiger partial charge on any atom is -0.457 e. The van der Waals surface area contributed by atoms with Crippen LogP contribution in [0.15, 0.2) is 188 Å². The first-order chi connectivity index (χ1) is 34.5. The highest BCUT2D eigenvalue weighted by molar-refractivity contribution is 7.25. The summed E-state index contributed by atoms with van der Waals surface area (Å²) >= 11 is 1.86. The smallest absolute Gasteiger partial charge is 0.137 e. The van der Waals surface area contributed by atoms with Crippen LogP contribution in [0.3, 0.4) is 0 Å². The standard InChI is InChI=1S/C66H60N4OS/c1-64(2,3)46-31-32-67-63(38-46)70-57-29-25-44(42-21-23-43(24-22-42)45-26-30-62-56(34-45)54-17-10-13-20-61(54)72-62)33-55(57)53-28-27-52(40-60(53)70)71-51-16-14-15-49(39-51)68-41-69(59-19-12-11-18-58(59)68)50-36-47(65(4,5)6)35-48(37-50)66(7,8)9/h10-40H,41H2,1-9H3. The molecule has 0 amide bonds. The summed E-state index contributed by atoms with van der Waals surface area (Å²) in [5.41, 5.74) is 15.5. The van der Waals surface area contributed by atoms with Crippen LogP contribution < -0.4 is 14.5 Å². The number of hydrogen-bond acceptors (Lipinski definition) is 5. The zero-order valence-electron chi connectivity index (χ0n) is 42.7. The number of thiophene rings is 1. The van der Waals surface area contributed by atoms with Gasteiger partial charge in [-0.15, -0.1) is 11.3 Å². The number of nitrogens with zero attached hydrogens (tertiary/aromatic N) is 4. The van der Waals surface area contributed by atoms with Crippen molar-refractivity contribution >= 4 is 76.1 Å². The van der Waals surface area contributed by atoms with E-state index in [2.05, 4.69) is 259 Å². The van der Waals surface area contributed by atoms with E-state index in [1.54, 1.807) is 0 Å². The van der Waals surface area contributed by atoms with E-state index in [1.165, 1.54) is 76.2 Å². The molecular weight excluding hydrogens is 897 g/mol. The average molecular weight is 957 g/mol. The van der Waals surface area contributed by atoms with Crippen molar-refractivity contribution in [2.24, 2.45) is 0 Å². The maximum atomic E-state index is 6.86. The number of rotatable bonds is 7. The van der Waals surface area contributed by atoms with E-state index >= 15 is 0 Å². The van der Waals surface area contributed by atoms with Gasteiger partial charge in [-0.3, -0.25) is 4.57 Å². The Hall–Kier alpha value is -7.67. The third kappa shape index (κ3) is 8.18. The number of hydrogen-bond donors (Lipinski definition) is 0. The van der Waals surface area contributed by atoms with Gasteiger partial charge < -0.3 is 14.5 Å². The fourth-order valence-corrected chi connectivity index (χ4v) is 11.5. The zero-order chi connectivity index (χ0) is 49.7. The molecule has 72 heavy (non-hydrogen) atoms. The van der Waals surface area contributed by atoms with Gasteiger partial charge in [0, 0.05) is 60.6 Å². The van der Waals surface area contributed by atoms with Crippen LogP contribution in [0.4, 0.5) is 22.7 Å². The normalized spacial score (nSPS) is 13.2. The molecule has 0 aliphatic carbocycles. The monoisotopic (exact) mass is 956 g/mol. The molecule has 0 unspecified atom stereocenters. The Morgan fingerprint density at radius 1 is 0.417 bits per heavy atom. The molecule has 0 saturated carbocycles. The molecular formula is C66H60N4OS. The van der Waals surface area contributed by atoms with Crippen molar-refractivity contribution in [2.75, 3.05) is 16.5 Å². The Labute approximate surface area is 427 Å². The molecule has 1 aliphatic heterocycles. The van der Waals surface area contributed by atoms with Crippen molar-refractivity contribution in [2.45, 2.75) is 78.6 Å². The van der Waals surface area contributed by atoms with Gasteiger partial charge in [-0.25, -0.2) is 4.98 Å². The highest BCUT2D eigenvalue weighted by Crippen LogP contribution is 2.47. The number of benzene rings is 8. The molecule has 0 radical (unpaired) electrons. The molecule has 356 valence electrons. The summed E-state index contributed by atoms with van der Waals surface area (Å²) in [4.78, 5) is 9.86. The van der Waals surface area contributed by atoms with Crippen LogP contribution in [0.1, 0.15) is 79.0 Å². The lowest BCUT2D eigenvalue weighted by Crippen LogP contribution is -2.25. The van der Waals surface area contributed by atoms with Crippen molar-refractivity contribution in [1.29, 1.82) is 0 Å². The summed E-state index contributed by atoms with van der Waals surface area (Å²) in [5, 5.41) is 4.94. The lowest BCUT2D eigenvalue weighted by Gasteiger charge is -2.29. The van der Waals surface area contributed by atoms with E-state index in [4.69, 9.17) is 9.72 Å². The first kappa shape index (κ1) is 45.5. The van der Waals surface area contributed by atoms with E-state index < -0.39 is 0 Å². The van der Waals surface area contributed by atoms with Gasteiger partial charge in [0.15, 0.2) is 0 Å². The molecule has 8 aromatic carbocycles. The molecule has 1 aliphatic rings. The SMILES string of the molecule is CC(C)(C)c1cc(N2CN(c3cccc(Oc4ccc5c6cc(-c7ccc(-c8ccc9sc%10ccccc%10c9c8)cc7)ccc6n(-c6cc(C(C)(C)C)ccn6)c5c4)c3)c3ccccc32)cc(C(C)(C)C)c1. The largest absolute Gasteiger partial charge is 0.457 e. The number of ether oxygens (including phenoxy) is 1.